The average molecular weight is 252 g/mol. The molecule has 1 heterocycles. The van der Waals surface area contributed by atoms with Gasteiger partial charge in [-0.05, 0) is 64.3 Å². The molecule has 104 valence electrons. The summed E-state index contributed by atoms with van der Waals surface area (Å²) in [6.07, 6.45) is 7.89. The molecule has 1 saturated heterocycles. The van der Waals surface area contributed by atoms with Crippen molar-refractivity contribution < 1.29 is 4.79 Å². The van der Waals surface area contributed by atoms with Gasteiger partial charge in [0.05, 0.1) is 0 Å². The Balaban J connectivity index is 1.94. The Morgan fingerprint density at radius 2 is 1.83 bits per heavy atom. The Hall–Kier alpha value is -0.570. The lowest BCUT2D eigenvalue weighted by molar-refractivity contribution is -0.139. The highest BCUT2D eigenvalue weighted by Crippen LogP contribution is 2.34. The first-order valence-electron chi connectivity index (χ1n) is 7.69. The maximum atomic E-state index is 12.7. The molecule has 2 atom stereocenters. The smallest absolute Gasteiger partial charge is 0.226 e. The summed E-state index contributed by atoms with van der Waals surface area (Å²) in [7, 11) is 0. The topological polar surface area (TPSA) is 46.3 Å². The van der Waals surface area contributed by atoms with Crippen LogP contribution in [0.4, 0.5) is 0 Å². The van der Waals surface area contributed by atoms with E-state index in [0.717, 1.165) is 38.6 Å². The third-order valence-corrected chi connectivity index (χ3v) is 5.04. The maximum Gasteiger partial charge on any atom is 0.226 e. The number of carbonyl (C=O) groups excluding carboxylic acids is 1. The number of hydrogen-bond donors (Lipinski definition) is 1. The molecular weight excluding hydrogens is 224 g/mol. The van der Waals surface area contributed by atoms with Crippen LogP contribution in [0.3, 0.4) is 0 Å². The predicted octanol–water partition coefficient (Wildman–Crippen LogP) is 2.54. The Morgan fingerprint density at radius 1 is 1.17 bits per heavy atom. The van der Waals surface area contributed by atoms with Gasteiger partial charge < -0.3 is 10.6 Å². The van der Waals surface area contributed by atoms with Gasteiger partial charge in [-0.25, -0.2) is 0 Å². The summed E-state index contributed by atoms with van der Waals surface area (Å²) in [5.41, 5.74) is 5.72. The van der Waals surface area contributed by atoms with Crippen molar-refractivity contribution in [3.63, 3.8) is 0 Å². The summed E-state index contributed by atoms with van der Waals surface area (Å²) in [6, 6.07) is 0.953. The van der Waals surface area contributed by atoms with Crippen LogP contribution in [0.5, 0.6) is 0 Å². The number of hydrogen-bond acceptors (Lipinski definition) is 2. The number of amides is 1. The van der Waals surface area contributed by atoms with Crippen LogP contribution in [0.2, 0.25) is 0 Å². The highest BCUT2D eigenvalue weighted by molar-refractivity contribution is 5.79. The highest BCUT2D eigenvalue weighted by Gasteiger charge is 2.37. The van der Waals surface area contributed by atoms with Crippen molar-refractivity contribution in [1.82, 2.24) is 4.90 Å². The molecule has 0 spiro atoms. The van der Waals surface area contributed by atoms with Gasteiger partial charge in [0.1, 0.15) is 0 Å². The fraction of sp³-hybridized carbons (Fsp3) is 0.933. The molecule has 0 bridgehead atoms. The number of nitrogens with zero attached hydrogens (tertiary/aromatic N) is 1. The minimum atomic E-state index is 0.280. The standard InChI is InChI=1S/C15H28N2O/c1-3-14-9-4-11(2)17(14)15(18)13-7-5-12(10-16)6-8-13/h11-14H,3-10,16H2,1-2H3. The van der Waals surface area contributed by atoms with Crippen LogP contribution in [-0.2, 0) is 4.79 Å². The summed E-state index contributed by atoms with van der Waals surface area (Å²) in [6.45, 7) is 5.20. The SMILES string of the molecule is CCC1CCC(C)N1C(=O)C1CCC(CN)CC1. The van der Waals surface area contributed by atoms with Gasteiger partial charge in [0.15, 0.2) is 0 Å². The lowest BCUT2D eigenvalue weighted by Crippen LogP contribution is -2.44. The first kappa shape index (κ1) is 13.9. The van der Waals surface area contributed by atoms with Gasteiger partial charge in [0.25, 0.3) is 0 Å². The zero-order chi connectivity index (χ0) is 13.1. The number of rotatable bonds is 3. The highest BCUT2D eigenvalue weighted by atomic mass is 16.2. The van der Waals surface area contributed by atoms with Crippen LogP contribution in [0.15, 0.2) is 0 Å². The Kier molecular flexibility index (Phi) is 4.66. The molecule has 2 rings (SSSR count). The van der Waals surface area contributed by atoms with Crippen molar-refractivity contribution in [2.24, 2.45) is 17.6 Å². The second-order valence-corrected chi connectivity index (χ2v) is 6.19. The molecule has 2 fully saturated rings. The van der Waals surface area contributed by atoms with E-state index in [1.807, 2.05) is 0 Å². The van der Waals surface area contributed by atoms with E-state index in [0.29, 0.717) is 23.9 Å². The van der Waals surface area contributed by atoms with Gasteiger partial charge in [-0.3, -0.25) is 4.79 Å². The van der Waals surface area contributed by atoms with Crippen LogP contribution in [0.1, 0.15) is 58.8 Å². The van der Waals surface area contributed by atoms with Gasteiger partial charge >= 0.3 is 0 Å². The first-order chi connectivity index (χ1) is 8.67. The molecule has 2 aliphatic rings. The molecule has 0 aromatic heterocycles. The number of nitrogens with two attached hydrogens (primary N) is 1. The second kappa shape index (κ2) is 6.05. The van der Waals surface area contributed by atoms with Crippen molar-refractivity contribution in [2.45, 2.75) is 70.9 Å². The molecular formula is C15H28N2O. The predicted molar refractivity (Wildman–Crippen MR) is 74.1 cm³/mol. The zero-order valence-electron chi connectivity index (χ0n) is 11.9. The minimum Gasteiger partial charge on any atom is -0.337 e. The molecule has 1 aliphatic carbocycles. The number of carbonyl (C=O) groups is 1. The van der Waals surface area contributed by atoms with Crippen molar-refractivity contribution >= 4 is 5.91 Å². The van der Waals surface area contributed by atoms with E-state index >= 15 is 0 Å². The maximum absolute atomic E-state index is 12.7. The van der Waals surface area contributed by atoms with E-state index in [4.69, 9.17) is 5.73 Å². The van der Waals surface area contributed by atoms with Gasteiger partial charge in [-0.1, -0.05) is 6.92 Å². The Labute approximate surface area is 111 Å². The van der Waals surface area contributed by atoms with E-state index in [2.05, 4.69) is 18.7 Å². The van der Waals surface area contributed by atoms with E-state index in [1.54, 1.807) is 0 Å². The summed E-state index contributed by atoms with van der Waals surface area (Å²) < 4.78 is 0. The Bertz CT molecular complexity index is 284. The quantitative estimate of drug-likeness (QED) is 0.839. The van der Waals surface area contributed by atoms with Crippen molar-refractivity contribution in [1.29, 1.82) is 0 Å². The molecule has 0 aromatic carbocycles. The molecule has 1 amide bonds. The summed E-state index contributed by atoms with van der Waals surface area (Å²) in [4.78, 5) is 14.9. The van der Waals surface area contributed by atoms with E-state index < -0.39 is 0 Å². The third-order valence-electron chi connectivity index (χ3n) is 5.04. The number of likely N-dealkylation sites (tertiary alicyclic amines) is 1. The molecule has 3 heteroatoms. The monoisotopic (exact) mass is 252 g/mol. The lowest BCUT2D eigenvalue weighted by Gasteiger charge is -2.34. The summed E-state index contributed by atoms with van der Waals surface area (Å²) in [5.74, 6) is 1.37. The van der Waals surface area contributed by atoms with Crippen molar-refractivity contribution in [3.05, 3.63) is 0 Å². The summed E-state index contributed by atoms with van der Waals surface area (Å²) >= 11 is 0. The zero-order valence-corrected chi connectivity index (χ0v) is 11.9. The minimum absolute atomic E-state index is 0.280. The van der Waals surface area contributed by atoms with Crippen LogP contribution in [0.25, 0.3) is 0 Å². The van der Waals surface area contributed by atoms with Crippen LogP contribution >= 0.6 is 0 Å². The first-order valence-corrected chi connectivity index (χ1v) is 7.69. The molecule has 2 N–H and O–H groups in total. The van der Waals surface area contributed by atoms with E-state index in [9.17, 15) is 4.79 Å². The van der Waals surface area contributed by atoms with E-state index in [1.165, 1.54) is 12.8 Å². The fourth-order valence-electron chi connectivity index (χ4n) is 3.73. The van der Waals surface area contributed by atoms with Gasteiger partial charge in [0, 0.05) is 18.0 Å². The molecule has 3 nitrogen and oxygen atoms in total. The molecule has 1 saturated carbocycles. The van der Waals surface area contributed by atoms with Crippen LogP contribution < -0.4 is 5.73 Å². The largest absolute Gasteiger partial charge is 0.337 e. The fourth-order valence-corrected chi connectivity index (χ4v) is 3.73. The average Bonchev–Trinajstić information content (AvgIpc) is 2.79. The second-order valence-electron chi connectivity index (χ2n) is 6.19. The molecule has 2 unspecified atom stereocenters. The lowest BCUT2D eigenvalue weighted by atomic mass is 9.81. The van der Waals surface area contributed by atoms with Gasteiger partial charge in [-0.15, -0.1) is 0 Å². The van der Waals surface area contributed by atoms with E-state index in [-0.39, 0.29) is 5.92 Å². The third kappa shape index (κ3) is 2.71. The summed E-state index contributed by atoms with van der Waals surface area (Å²) in [5, 5.41) is 0. The molecule has 18 heavy (non-hydrogen) atoms. The molecule has 0 radical (unpaired) electrons. The van der Waals surface area contributed by atoms with Gasteiger partial charge in [-0.2, -0.15) is 0 Å². The van der Waals surface area contributed by atoms with Crippen LogP contribution in [-0.4, -0.2) is 29.4 Å². The van der Waals surface area contributed by atoms with Crippen LogP contribution in [0, 0.1) is 11.8 Å². The van der Waals surface area contributed by atoms with Crippen molar-refractivity contribution in [2.75, 3.05) is 6.54 Å². The normalized spacial score (nSPS) is 36.9. The van der Waals surface area contributed by atoms with Crippen molar-refractivity contribution in [3.8, 4) is 0 Å². The molecule has 0 aromatic rings. The van der Waals surface area contributed by atoms with Gasteiger partial charge in [0.2, 0.25) is 5.91 Å². The molecule has 1 aliphatic heterocycles. The Morgan fingerprint density at radius 3 is 2.39 bits per heavy atom.